The molecule has 10 nitrogen and oxygen atoms in total. The van der Waals surface area contributed by atoms with Crippen LogP contribution in [0.3, 0.4) is 0 Å². The number of anilines is 1. The first kappa shape index (κ1) is 30.2. The summed E-state index contributed by atoms with van der Waals surface area (Å²) in [4.78, 5) is 48.7. The number of phenols is 1. The van der Waals surface area contributed by atoms with Crippen LogP contribution in [0.4, 0.5) is 15.3 Å². The summed E-state index contributed by atoms with van der Waals surface area (Å²) in [6.45, 7) is 5.42. The largest absolute Gasteiger partial charge is 0.508 e. The fourth-order valence-corrected chi connectivity index (χ4v) is 7.38. The van der Waals surface area contributed by atoms with Gasteiger partial charge in [0.1, 0.15) is 11.8 Å². The molecule has 0 saturated carbocycles. The molecule has 3 saturated heterocycles. The van der Waals surface area contributed by atoms with E-state index in [1.165, 1.54) is 19.3 Å². The molecule has 0 aromatic heterocycles. The van der Waals surface area contributed by atoms with Gasteiger partial charge in [0.2, 0.25) is 5.91 Å². The van der Waals surface area contributed by atoms with E-state index in [-0.39, 0.29) is 29.8 Å². The van der Waals surface area contributed by atoms with Crippen LogP contribution in [0.5, 0.6) is 5.75 Å². The number of benzene rings is 2. The predicted octanol–water partition coefficient (Wildman–Crippen LogP) is 4.04. The highest BCUT2D eigenvalue weighted by atomic mass is 16.3. The SMILES string of the molecule is O=C(NC(Cc1ccc(O)cc1)C(=O)N1CCC(N2CCCCC2)CC1)N1CCC(N2CCc3ccccc3NC2=O)CC1. The maximum absolute atomic E-state index is 13.9. The van der Waals surface area contributed by atoms with Gasteiger partial charge in [0, 0.05) is 56.9 Å². The van der Waals surface area contributed by atoms with Gasteiger partial charge in [-0.2, -0.15) is 0 Å². The molecule has 5 amide bonds. The first-order chi connectivity index (χ1) is 21.4. The van der Waals surface area contributed by atoms with E-state index in [1.54, 1.807) is 29.2 Å². The average molecular weight is 603 g/mol. The zero-order valence-corrected chi connectivity index (χ0v) is 25.6. The van der Waals surface area contributed by atoms with Crippen LogP contribution in [0.25, 0.3) is 0 Å². The monoisotopic (exact) mass is 602 g/mol. The lowest BCUT2D eigenvalue weighted by Crippen LogP contribution is -2.57. The van der Waals surface area contributed by atoms with Crippen molar-refractivity contribution in [3.05, 3.63) is 59.7 Å². The number of rotatable bonds is 6. The topological polar surface area (TPSA) is 108 Å². The molecule has 4 heterocycles. The quantitative estimate of drug-likeness (QED) is 0.463. The summed E-state index contributed by atoms with van der Waals surface area (Å²) in [5, 5.41) is 15.9. The van der Waals surface area contributed by atoms with Gasteiger partial charge in [0.05, 0.1) is 0 Å². The Hall–Kier alpha value is -3.79. The predicted molar refractivity (Wildman–Crippen MR) is 170 cm³/mol. The third-order valence-corrected chi connectivity index (χ3v) is 9.99. The Labute approximate surface area is 260 Å². The molecule has 10 heteroatoms. The maximum Gasteiger partial charge on any atom is 0.322 e. The van der Waals surface area contributed by atoms with Crippen molar-refractivity contribution in [1.29, 1.82) is 0 Å². The lowest BCUT2D eigenvalue weighted by molar-refractivity contribution is -0.134. The number of aromatic hydroxyl groups is 1. The number of carbonyl (C=O) groups excluding carboxylic acids is 3. The lowest BCUT2D eigenvalue weighted by atomic mass is 9.98. The van der Waals surface area contributed by atoms with Gasteiger partial charge < -0.3 is 35.3 Å². The fraction of sp³-hybridized carbons (Fsp3) is 0.559. The van der Waals surface area contributed by atoms with E-state index in [0.29, 0.717) is 58.0 Å². The number of urea groups is 2. The van der Waals surface area contributed by atoms with Gasteiger partial charge in [-0.15, -0.1) is 0 Å². The van der Waals surface area contributed by atoms with Crippen molar-refractivity contribution in [2.24, 2.45) is 0 Å². The molecule has 0 bridgehead atoms. The number of nitrogens with zero attached hydrogens (tertiary/aromatic N) is 4. The summed E-state index contributed by atoms with van der Waals surface area (Å²) >= 11 is 0. The number of para-hydroxylation sites is 1. The zero-order chi connectivity index (χ0) is 30.5. The molecule has 44 heavy (non-hydrogen) atoms. The van der Waals surface area contributed by atoms with E-state index in [4.69, 9.17) is 0 Å². The molecule has 2 aromatic rings. The van der Waals surface area contributed by atoms with Gasteiger partial charge >= 0.3 is 12.1 Å². The Morgan fingerprint density at radius 3 is 2.20 bits per heavy atom. The maximum atomic E-state index is 13.9. The summed E-state index contributed by atoms with van der Waals surface area (Å²) in [5.41, 5.74) is 2.90. The minimum absolute atomic E-state index is 0.0424. The molecule has 4 aliphatic rings. The summed E-state index contributed by atoms with van der Waals surface area (Å²) in [7, 11) is 0. The lowest BCUT2D eigenvalue weighted by Gasteiger charge is -2.41. The van der Waals surface area contributed by atoms with E-state index in [0.717, 1.165) is 49.2 Å². The van der Waals surface area contributed by atoms with Crippen molar-refractivity contribution >= 4 is 23.7 Å². The molecule has 4 aliphatic heterocycles. The van der Waals surface area contributed by atoms with Crippen molar-refractivity contribution in [3.63, 3.8) is 0 Å². The average Bonchev–Trinajstić information content (AvgIpc) is 3.23. The summed E-state index contributed by atoms with van der Waals surface area (Å²) in [6.07, 6.45) is 8.31. The van der Waals surface area contributed by atoms with E-state index in [9.17, 15) is 19.5 Å². The highest BCUT2D eigenvalue weighted by Crippen LogP contribution is 2.25. The smallest absolute Gasteiger partial charge is 0.322 e. The standard InChI is InChI=1S/C34H46N6O4/c41-29-10-8-25(9-11-29)24-31(32(42)38-19-13-27(14-20-38)37-17-4-1-5-18-37)36-33(43)39-21-15-28(16-22-39)40-23-12-26-6-2-3-7-30(26)35-34(40)44/h2-3,6-11,27-28,31,41H,1,4-5,12-24H2,(H,35,44)(H,36,43). The van der Waals surface area contributed by atoms with Crippen LogP contribution in [0.15, 0.2) is 48.5 Å². The Kier molecular flexibility index (Phi) is 9.54. The van der Waals surface area contributed by atoms with Crippen molar-refractivity contribution in [2.45, 2.75) is 75.9 Å². The van der Waals surface area contributed by atoms with Crippen molar-refractivity contribution in [2.75, 3.05) is 51.1 Å². The molecule has 1 unspecified atom stereocenters. The number of likely N-dealkylation sites (tertiary alicyclic amines) is 3. The first-order valence-electron chi connectivity index (χ1n) is 16.5. The molecule has 0 aliphatic carbocycles. The third kappa shape index (κ3) is 7.12. The number of piperidine rings is 3. The number of phenolic OH excluding ortho intramolecular Hbond substituents is 1. The van der Waals surface area contributed by atoms with Crippen LogP contribution in [0.2, 0.25) is 0 Å². The van der Waals surface area contributed by atoms with Gasteiger partial charge in [-0.1, -0.05) is 36.8 Å². The van der Waals surface area contributed by atoms with Crippen LogP contribution in [-0.4, -0.2) is 107 Å². The Bertz CT molecular complexity index is 1300. The molecule has 3 fully saturated rings. The normalized spacial score (nSPS) is 21.3. The summed E-state index contributed by atoms with van der Waals surface area (Å²) in [6, 6.07) is 14.4. The van der Waals surface area contributed by atoms with E-state index >= 15 is 0 Å². The number of hydrogen-bond donors (Lipinski definition) is 3. The second-order valence-electron chi connectivity index (χ2n) is 12.8. The Morgan fingerprint density at radius 2 is 1.48 bits per heavy atom. The molecule has 0 radical (unpaired) electrons. The Morgan fingerprint density at radius 1 is 0.818 bits per heavy atom. The van der Waals surface area contributed by atoms with Crippen LogP contribution in [0, 0.1) is 0 Å². The molecular formula is C34H46N6O4. The second kappa shape index (κ2) is 13.9. The van der Waals surface area contributed by atoms with Gasteiger partial charge in [0.25, 0.3) is 0 Å². The van der Waals surface area contributed by atoms with E-state index in [1.807, 2.05) is 28.0 Å². The molecule has 1 atom stereocenters. The molecule has 3 N–H and O–H groups in total. The van der Waals surface area contributed by atoms with E-state index < -0.39 is 6.04 Å². The summed E-state index contributed by atoms with van der Waals surface area (Å²) in [5.74, 6) is 0.129. The van der Waals surface area contributed by atoms with Crippen LogP contribution in [0.1, 0.15) is 56.1 Å². The van der Waals surface area contributed by atoms with Crippen molar-refractivity contribution in [3.8, 4) is 5.75 Å². The molecule has 6 rings (SSSR count). The highest BCUT2D eigenvalue weighted by molar-refractivity contribution is 5.91. The number of amides is 5. The third-order valence-electron chi connectivity index (χ3n) is 9.99. The van der Waals surface area contributed by atoms with Crippen LogP contribution >= 0.6 is 0 Å². The molecule has 2 aromatic carbocycles. The number of nitrogens with one attached hydrogen (secondary N) is 2. The van der Waals surface area contributed by atoms with E-state index in [2.05, 4.69) is 21.6 Å². The minimum Gasteiger partial charge on any atom is -0.508 e. The molecular weight excluding hydrogens is 556 g/mol. The number of hydrogen-bond acceptors (Lipinski definition) is 5. The van der Waals surface area contributed by atoms with Gasteiger partial charge in [-0.25, -0.2) is 9.59 Å². The van der Waals surface area contributed by atoms with Crippen molar-refractivity contribution < 1.29 is 19.5 Å². The van der Waals surface area contributed by atoms with Crippen molar-refractivity contribution in [1.82, 2.24) is 24.9 Å². The first-order valence-corrected chi connectivity index (χ1v) is 16.5. The van der Waals surface area contributed by atoms with Crippen LogP contribution in [-0.2, 0) is 17.6 Å². The number of carbonyl (C=O) groups is 3. The zero-order valence-electron chi connectivity index (χ0n) is 25.6. The number of fused-ring (bicyclic) bond motifs is 1. The van der Waals surface area contributed by atoms with Gasteiger partial charge in [-0.05, 0) is 87.4 Å². The summed E-state index contributed by atoms with van der Waals surface area (Å²) < 4.78 is 0. The highest BCUT2D eigenvalue weighted by Gasteiger charge is 2.35. The minimum atomic E-state index is -0.689. The van der Waals surface area contributed by atoms with Gasteiger partial charge in [0.15, 0.2) is 0 Å². The van der Waals surface area contributed by atoms with Crippen LogP contribution < -0.4 is 10.6 Å². The molecule has 236 valence electrons. The fourth-order valence-electron chi connectivity index (χ4n) is 7.38. The second-order valence-corrected chi connectivity index (χ2v) is 12.8. The van der Waals surface area contributed by atoms with Gasteiger partial charge in [-0.3, -0.25) is 4.79 Å². The molecule has 0 spiro atoms. The Balaban J connectivity index is 1.06.